The highest BCUT2D eigenvalue weighted by atomic mass is 32.1. The van der Waals surface area contributed by atoms with E-state index >= 15 is 0 Å². The van der Waals surface area contributed by atoms with Gasteiger partial charge in [-0.05, 0) is 57.7 Å². The van der Waals surface area contributed by atoms with Gasteiger partial charge in [0.1, 0.15) is 6.04 Å². The standard InChI is InChI=1S/C25H32N6O2.H2S/c1-6-21-25(32)29-24-17(4)27-19(12-22(24)30(21)5)11-10-18-13-26-31(14-18)15-20-8-7-9-23(28-20)33-16(2)3;/h7-9,12-14,16,21H,6,10-11,15H2,1-5H3,(H,29,32);1H2/t21-;/m0./s1. The Kier molecular flexibility index (Phi) is 8.19. The van der Waals surface area contributed by atoms with Crippen molar-refractivity contribution in [2.24, 2.45) is 0 Å². The number of hydrogen-bond donors (Lipinski definition) is 1. The summed E-state index contributed by atoms with van der Waals surface area (Å²) in [7, 11) is 1.98. The van der Waals surface area contributed by atoms with E-state index in [-0.39, 0.29) is 31.5 Å². The Morgan fingerprint density at radius 3 is 2.71 bits per heavy atom. The van der Waals surface area contributed by atoms with Gasteiger partial charge in [0.2, 0.25) is 11.8 Å². The number of nitrogens with zero attached hydrogens (tertiary/aromatic N) is 5. The molecular formula is C25H34N6O2S. The van der Waals surface area contributed by atoms with Crippen LogP contribution < -0.4 is 15.0 Å². The van der Waals surface area contributed by atoms with Gasteiger partial charge >= 0.3 is 0 Å². The fraction of sp³-hybridized carbons (Fsp3) is 0.440. The SMILES string of the molecule is CC[C@H]1C(=O)Nc2c(cc(CCc3cnn(Cc4cccc(OC(C)C)n4)c3)nc2C)N1C.S. The molecule has 0 aromatic carbocycles. The first-order chi connectivity index (χ1) is 15.8. The average Bonchev–Trinajstić information content (AvgIpc) is 3.20. The molecule has 8 nitrogen and oxygen atoms in total. The molecule has 34 heavy (non-hydrogen) atoms. The van der Waals surface area contributed by atoms with Gasteiger partial charge in [-0.15, -0.1) is 0 Å². The minimum Gasteiger partial charge on any atom is -0.475 e. The van der Waals surface area contributed by atoms with E-state index in [2.05, 4.69) is 32.6 Å². The van der Waals surface area contributed by atoms with Crippen molar-refractivity contribution in [3.05, 3.63) is 59.3 Å². The summed E-state index contributed by atoms with van der Waals surface area (Å²) in [5.74, 6) is 0.670. The first kappa shape index (κ1) is 25.6. The van der Waals surface area contributed by atoms with Crippen molar-refractivity contribution >= 4 is 30.8 Å². The van der Waals surface area contributed by atoms with Gasteiger partial charge in [0.25, 0.3) is 0 Å². The Morgan fingerprint density at radius 1 is 1.18 bits per heavy atom. The van der Waals surface area contributed by atoms with Gasteiger partial charge in [-0.3, -0.25) is 14.5 Å². The van der Waals surface area contributed by atoms with Crippen LogP contribution in [0.1, 0.15) is 49.8 Å². The van der Waals surface area contributed by atoms with E-state index in [1.807, 2.05) is 63.8 Å². The lowest BCUT2D eigenvalue weighted by molar-refractivity contribution is -0.117. The van der Waals surface area contributed by atoms with Gasteiger partial charge in [-0.2, -0.15) is 18.6 Å². The molecule has 0 radical (unpaired) electrons. The number of rotatable bonds is 8. The molecule has 0 saturated heterocycles. The van der Waals surface area contributed by atoms with Crippen LogP contribution in [0, 0.1) is 6.92 Å². The van der Waals surface area contributed by atoms with Gasteiger partial charge < -0.3 is 15.0 Å². The molecule has 182 valence electrons. The Morgan fingerprint density at radius 2 is 1.97 bits per heavy atom. The molecule has 0 saturated carbocycles. The van der Waals surface area contributed by atoms with Gasteiger partial charge in [-0.1, -0.05) is 13.0 Å². The van der Waals surface area contributed by atoms with Crippen molar-refractivity contribution in [2.45, 2.75) is 65.6 Å². The second-order valence-corrected chi connectivity index (χ2v) is 8.80. The molecule has 1 N–H and O–H groups in total. The van der Waals surface area contributed by atoms with Crippen LogP contribution in [0.5, 0.6) is 5.88 Å². The molecule has 3 aromatic heterocycles. The van der Waals surface area contributed by atoms with Crippen LogP contribution in [-0.4, -0.2) is 44.8 Å². The Balaban J connectivity index is 0.00000324. The number of hydrogen-bond acceptors (Lipinski definition) is 6. The number of carbonyl (C=O) groups excluding carboxylic acids is 1. The van der Waals surface area contributed by atoms with Gasteiger partial charge in [0.15, 0.2) is 0 Å². The number of aryl methyl sites for hydroxylation is 3. The van der Waals surface area contributed by atoms with E-state index < -0.39 is 0 Å². The lowest BCUT2D eigenvalue weighted by atomic mass is 10.0. The van der Waals surface area contributed by atoms with Crippen LogP contribution in [0.4, 0.5) is 11.4 Å². The third kappa shape index (κ3) is 5.70. The van der Waals surface area contributed by atoms with E-state index in [0.717, 1.165) is 53.3 Å². The van der Waals surface area contributed by atoms with E-state index in [9.17, 15) is 4.79 Å². The lowest BCUT2D eigenvalue weighted by Crippen LogP contribution is -2.46. The highest BCUT2D eigenvalue weighted by molar-refractivity contribution is 7.59. The Hall–Kier alpha value is -3.07. The fourth-order valence-electron chi connectivity index (χ4n) is 4.20. The molecule has 3 aromatic rings. The number of likely N-dealkylation sites (N-methyl/N-ethyl adjacent to an activating group) is 1. The molecule has 0 spiro atoms. The third-order valence-corrected chi connectivity index (χ3v) is 5.84. The van der Waals surface area contributed by atoms with Crippen LogP contribution in [0.2, 0.25) is 0 Å². The quantitative estimate of drug-likeness (QED) is 0.524. The van der Waals surface area contributed by atoms with Crippen molar-refractivity contribution in [1.29, 1.82) is 0 Å². The minimum atomic E-state index is -0.150. The van der Waals surface area contributed by atoms with Crippen molar-refractivity contribution < 1.29 is 9.53 Å². The highest BCUT2D eigenvalue weighted by Gasteiger charge is 2.30. The molecule has 0 aliphatic carbocycles. The second kappa shape index (κ2) is 10.9. The summed E-state index contributed by atoms with van der Waals surface area (Å²) in [6, 6.07) is 7.75. The number of fused-ring (bicyclic) bond motifs is 1. The van der Waals surface area contributed by atoms with Crippen molar-refractivity contribution in [3.63, 3.8) is 0 Å². The normalized spacial score (nSPS) is 15.1. The van der Waals surface area contributed by atoms with Gasteiger partial charge in [0, 0.05) is 25.0 Å². The largest absolute Gasteiger partial charge is 0.475 e. The summed E-state index contributed by atoms with van der Waals surface area (Å²) in [5, 5.41) is 7.53. The molecule has 0 fully saturated rings. The fourth-order valence-corrected chi connectivity index (χ4v) is 4.20. The zero-order valence-corrected chi connectivity index (χ0v) is 21.5. The summed E-state index contributed by atoms with van der Waals surface area (Å²) in [4.78, 5) is 23.7. The zero-order chi connectivity index (χ0) is 23.5. The summed E-state index contributed by atoms with van der Waals surface area (Å²) >= 11 is 0. The Bertz CT molecular complexity index is 1150. The van der Waals surface area contributed by atoms with Gasteiger partial charge in [-0.25, -0.2) is 4.98 Å². The number of pyridine rings is 2. The molecule has 0 unspecified atom stereocenters. The van der Waals surface area contributed by atoms with Crippen LogP contribution in [-0.2, 0) is 24.2 Å². The predicted molar refractivity (Wildman–Crippen MR) is 139 cm³/mol. The molecule has 0 bridgehead atoms. The van der Waals surface area contributed by atoms with Crippen molar-refractivity contribution in [1.82, 2.24) is 19.7 Å². The maximum Gasteiger partial charge on any atom is 0.247 e. The number of nitrogens with one attached hydrogen (secondary N) is 1. The van der Waals surface area contributed by atoms with Crippen molar-refractivity contribution in [3.8, 4) is 5.88 Å². The third-order valence-electron chi connectivity index (χ3n) is 5.84. The van der Waals surface area contributed by atoms with Crippen LogP contribution in [0.3, 0.4) is 0 Å². The van der Waals surface area contributed by atoms with Crippen molar-refractivity contribution in [2.75, 3.05) is 17.3 Å². The summed E-state index contributed by atoms with van der Waals surface area (Å²) in [5.41, 5.74) is 5.77. The molecule has 1 aliphatic heterocycles. The molecule has 1 amide bonds. The molecule has 4 rings (SSSR count). The highest BCUT2D eigenvalue weighted by Crippen LogP contribution is 2.34. The molecule has 1 atom stereocenters. The Labute approximate surface area is 208 Å². The monoisotopic (exact) mass is 482 g/mol. The average molecular weight is 483 g/mol. The number of aromatic nitrogens is 4. The topological polar surface area (TPSA) is 85.2 Å². The maximum absolute atomic E-state index is 12.3. The van der Waals surface area contributed by atoms with Crippen LogP contribution in [0.25, 0.3) is 0 Å². The van der Waals surface area contributed by atoms with E-state index in [0.29, 0.717) is 12.4 Å². The predicted octanol–water partition coefficient (Wildman–Crippen LogP) is 3.88. The van der Waals surface area contributed by atoms with Crippen LogP contribution >= 0.6 is 13.5 Å². The maximum atomic E-state index is 12.3. The first-order valence-electron chi connectivity index (χ1n) is 11.5. The second-order valence-electron chi connectivity index (χ2n) is 8.80. The van der Waals surface area contributed by atoms with Crippen LogP contribution in [0.15, 0.2) is 36.7 Å². The van der Waals surface area contributed by atoms with E-state index in [1.165, 1.54) is 0 Å². The number of anilines is 2. The zero-order valence-electron chi connectivity index (χ0n) is 20.5. The van der Waals surface area contributed by atoms with E-state index in [4.69, 9.17) is 9.72 Å². The smallest absolute Gasteiger partial charge is 0.247 e. The molecule has 4 heterocycles. The van der Waals surface area contributed by atoms with E-state index in [1.54, 1.807) is 0 Å². The minimum absolute atomic E-state index is 0. The first-order valence-corrected chi connectivity index (χ1v) is 11.5. The lowest BCUT2D eigenvalue weighted by Gasteiger charge is -2.35. The summed E-state index contributed by atoms with van der Waals surface area (Å²) in [6.45, 7) is 8.55. The summed E-state index contributed by atoms with van der Waals surface area (Å²) in [6.07, 6.45) is 6.45. The molecule has 9 heteroatoms. The number of carbonyl (C=O) groups is 1. The van der Waals surface area contributed by atoms with Gasteiger partial charge in [0.05, 0.1) is 41.6 Å². The number of amides is 1. The number of ether oxygens (including phenoxy) is 1. The molecule has 1 aliphatic rings. The molecular weight excluding hydrogens is 448 g/mol. The summed E-state index contributed by atoms with van der Waals surface area (Å²) < 4.78 is 7.59.